The summed E-state index contributed by atoms with van der Waals surface area (Å²) in [4.78, 5) is 11.5. The number of rotatable bonds is 12. The third-order valence-corrected chi connectivity index (χ3v) is 5.52. The molecule has 0 aromatic heterocycles. The molecule has 0 aliphatic rings. The van der Waals surface area contributed by atoms with Gasteiger partial charge in [0.25, 0.3) is 0 Å². The highest BCUT2D eigenvalue weighted by Crippen LogP contribution is 2.21. The lowest BCUT2D eigenvalue weighted by Gasteiger charge is -2.12. The molecular weight excluding hydrogens is 380 g/mol. The second kappa shape index (κ2) is 10.8. The molecule has 0 bridgehead atoms. The van der Waals surface area contributed by atoms with Gasteiger partial charge < -0.3 is 15.2 Å². The molecule has 0 fully saturated rings. The molecule has 0 aliphatic heterocycles. The summed E-state index contributed by atoms with van der Waals surface area (Å²) in [5.74, 6) is -1.19. The lowest BCUT2D eigenvalue weighted by Crippen LogP contribution is -2.26. The molecule has 0 spiro atoms. The van der Waals surface area contributed by atoms with Crippen molar-refractivity contribution < 1.29 is 23.1 Å². The van der Waals surface area contributed by atoms with Gasteiger partial charge in [0.1, 0.15) is 0 Å². The van der Waals surface area contributed by atoms with Gasteiger partial charge >= 0.3 is 5.97 Å². The molecule has 3 N–H and O–H groups in total. The normalized spacial score (nSPS) is 11.3. The lowest BCUT2D eigenvalue weighted by atomic mass is 10.2. The van der Waals surface area contributed by atoms with Crippen molar-refractivity contribution >= 4 is 21.7 Å². The third kappa shape index (κ3) is 6.63. The maximum atomic E-state index is 12.5. The van der Waals surface area contributed by atoms with Crippen LogP contribution in [0.1, 0.15) is 29.3 Å². The molecule has 2 aromatic rings. The topological polar surface area (TPSA) is 105 Å². The summed E-state index contributed by atoms with van der Waals surface area (Å²) in [6.45, 7) is 3.87. The average Bonchev–Trinajstić information content (AvgIpc) is 2.68. The molecule has 0 radical (unpaired) electrons. The molecule has 0 atom stereocenters. The number of carbonyl (C=O) groups is 1. The predicted octanol–water partition coefficient (Wildman–Crippen LogP) is 2.74. The molecule has 0 saturated heterocycles. The van der Waals surface area contributed by atoms with E-state index in [0.717, 1.165) is 5.56 Å². The fraction of sp³-hybridized carbons (Fsp3) is 0.350. The van der Waals surface area contributed by atoms with Crippen molar-refractivity contribution in [3.05, 3.63) is 59.7 Å². The van der Waals surface area contributed by atoms with Gasteiger partial charge in [-0.25, -0.2) is 17.9 Å². The monoisotopic (exact) mass is 406 g/mol. The van der Waals surface area contributed by atoms with Crippen LogP contribution in [0.2, 0.25) is 0 Å². The number of hydrogen-bond acceptors (Lipinski definition) is 5. The Balaban J connectivity index is 2.03. The Morgan fingerprint density at radius 1 is 1.11 bits per heavy atom. The van der Waals surface area contributed by atoms with E-state index in [9.17, 15) is 18.3 Å². The quantitative estimate of drug-likeness (QED) is 0.468. The van der Waals surface area contributed by atoms with Crippen LogP contribution in [-0.2, 0) is 21.2 Å². The Bertz CT molecular complexity index is 869. The fourth-order valence-electron chi connectivity index (χ4n) is 2.62. The molecule has 2 rings (SSSR count). The first kappa shape index (κ1) is 21.9. The maximum absolute atomic E-state index is 12.5. The summed E-state index contributed by atoms with van der Waals surface area (Å²) < 4.78 is 32.8. The first-order chi connectivity index (χ1) is 13.4. The molecule has 0 unspecified atom stereocenters. The van der Waals surface area contributed by atoms with Crippen LogP contribution in [0.15, 0.2) is 53.4 Å². The summed E-state index contributed by atoms with van der Waals surface area (Å²) in [5, 5.41) is 12.5. The number of hydrogen-bond donors (Lipinski definition) is 3. The van der Waals surface area contributed by atoms with Crippen LogP contribution in [0.25, 0.3) is 0 Å². The number of carboxylic acids is 1. The molecule has 0 aliphatic carbocycles. The van der Waals surface area contributed by atoms with Crippen molar-refractivity contribution in [2.75, 3.05) is 31.6 Å². The third-order valence-electron chi connectivity index (χ3n) is 4.07. The summed E-state index contributed by atoms with van der Waals surface area (Å²) in [6.07, 6.45) is 1.26. The van der Waals surface area contributed by atoms with E-state index in [1.807, 2.05) is 37.3 Å². The Hall–Kier alpha value is -2.42. The number of sulfonamides is 1. The number of ether oxygens (including phenoxy) is 1. The Labute approximate surface area is 165 Å². The lowest BCUT2D eigenvalue weighted by molar-refractivity contribution is 0.0697. The van der Waals surface area contributed by atoms with Crippen molar-refractivity contribution in [1.29, 1.82) is 0 Å². The molecule has 0 saturated carbocycles. The highest BCUT2D eigenvalue weighted by molar-refractivity contribution is 7.89. The zero-order chi connectivity index (χ0) is 20.4. The Kier molecular flexibility index (Phi) is 8.43. The largest absolute Gasteiger partial charge is 0.478 e. The summed E-state index contributed by atoms with van der Waals surface area (Å²) in [7, 11) is -3.80. The van der Waals surface area contributed by atoms with Gasteiger partial charge in [-0.3, -0.25) is 0 Å². The van der Waals surface area contributed by atoms with Gasteiger partial charge in [-0.05, 0) is 43.5 Å². The van der Waals surface area contributed by atoms with Crippen molar-refractivity contribution in [2.24, 2.45) is 0 Å². The van der Waals surface area contributed by atoms with Gasteiger partial charge in [0.15, 0.2) is 0 Å². The van der Waals surface area contributed by atoms with Crippen molar-refractivity contribution in [3.63, 3.8) is 0 Å². The van der Waals surface area contributed by atoms with Crippen LogP contribution >= 0.6 is 0 Å². The zero-order valence-electron chi connectivity index (χ0n) is 15.8. The molecule has 152 valence electrons. The van der Waals surface area contributed by atoms with E-state index < -0.39 is 16.0 Å². The molecule has 28 heavy (non-hydrogen) atoms. The Morgan fingerprint density at radius 2 is 1.86 bits per heavy atom. The second-order valence-corrected chi connectivity index (χ2v) is 7.89. The number of benzene rings is 2. The fourth-order valence-corrected chi connectivity index (χ4v) is 3.68. The maximum Gasteiger partial charge on any atom is 0.337 e. The van der Waals surface area contributed by atoms with Crippen LogP contribution in [0.5, 0.6) is 0 Å². The minimum absolute atomic E-state index is 0.0715. The van der Waals surface area contributed by atoms with Crippen molar-refractivity contribution in [2.45, 2.75) is 24.7 Å². The number of aromatic carboxylic acids is 1. The van der Waals surface area contributed by atoms with Crippen LogP contribution < -0.4 is 10.0 Å². The second-order valence-electron chi connectivity index (χ2n) is 6.12. The van der Waals surface area contributed by atoms with Crippen LogP contribution in [0.3, 0.4) is 0 Å². The predicted molar refractivity (Wildman–Crippen MR) is 108 cm³/mol. The van der Waals surface area contributed by atoms with E-state index in [1.54, 1.807) is 0 Å². The molecule has 8 heteroatoms. The van der Waals surface area contributed by atoms with E-state index in [4.69, 9.17) is 4.74 Å². The number of anilines is 1. The zero-order valence-corrected chi connectivity index (χ0v) is 16.7. The Morgan fingerprint density at radius 3 is 2.54 bits per heavy atom. The van der Waals surface area contributed by atoms with E-state index >= 15 is 0 Å². The van der Waals surface area contributed by atoms with Crippen LogP contribution in [0.4, 0.5) is 5.69 Å². The average molecular weight is 407 g/mol. The van der Waals surface area contributed by atoms with E-state index in [2.05, 4.69) is 10.0 Å². The summed E-state index contributed by atoms with van der Waals surface area (Å²) in [6, 6.07) is 13.6. The smallest absolute Gasteiger partial charge is 0.337 e. The standard InChI is InChI=1S/C20H26N2O5S/c1-2-27-14-6-12-21-19-10-9-17(15-18(19)20(23)24)28(25,26)22-13-11-16-7-4-3-5-8-16/h3-5,7-10,15,21-22H,2,6,11-14H2,1H3,(H,23,24). The first-order valence-electron chi connectivity index (χ1n) is 9.16. The number of nitrogens with one attached hydrogen (secondary N) is 2. The van der Waals surface area contributed by atoms with E-state index in [-0.39, 0.29) is 17.0 Å². The summed E-state index contributed by atoms with van der Waals surface area (Å²) in [5.41, 5.74) is 1.32. The SMILES string of the molecule is CCOCCCNc1ccc(S(=O)(=O)NCCc2ccccc2)cc1C(=O)O. The molecule has 0 heterocycles. The minimum atomic E-state index is -3.80. The highest BCUT2D eigenvalue weighted by Gasteiger charge is 2.18. The number of carboxylic acid groups (broad SMARTS) is 1. The van der Waals surface area contributed by atoms with E-state index in [1.165, 1.54) is 18.2 Å². The van der Waals surface area contributed by atoms with Gasteiger partial charge in [0, 0.05) is 32.0 Å². The van der Waals surface area contributed by atoms with Gasteiger partial charge in [-0.2, -0.15) is 0 Å². The van der Waals surface area contributed by atoms with Crippen LogP contribution in [0, 0.1) is 0 Å². The highest BCUT2D eigenvalue weighted by atomic mass is 32.2. The molecule has 2 aromatic carbocycles. The van der Waals surface area contributed by atoms with Gasteiger partial charge in [-0.1, -0.05) is 30.3 Å². The first-order valence-corrected chi connectivity index (χ1v) is 10.6. The van der Waals surface area contributed by atoms with Crippen molar-refractivity contribution in [1.82, 2.24) is 4.72 Å². The summed E-state index contributed by atoms with van der Waals surface area (Å²) >= 11 is 0. The van der Waals surface area contributed by atoms with Gasteiger partial charge in [0.2, 0.25) is 10.0 Å². The molecule has 0 amide bonds. The molecule has 7 nitrogen and oxygen atoms in total. The minimum Gasteiger partial charge on any atom is -0.478 e. The van der Waals surface area contributed by atoms with Gasteiger partial charge in [0.05, 0.1) is 10.5 Å². The van der Waals surface area contributed by atoms with Crippen molar-refractivity contribution in [3.8, 4) is 0 Å². The van der Waals surface area contributed by atoms with Gasteiger partial charge in [-0.15, -0.1) is 0 Å². The van der Waals surface area contributed by atoms with E-state index in [0.29, 0.717) is 38.3 Å². The molecular formula is C20H26N2O5S. The van der Waals surface area contributed by atoms with Crippen LogP contribution in [-0.4, -0.2) is 45.8 Å².